The molecule has 1 aliphatic heterocycles. The number of nitrogens with one attached hydrogen (secondary N) is 3. The predicted octanol–water partition coefficient (Wildman–Crippen LogP) is 1.07. The zero-order chi connectivity index (χ0) is 20.8. The summed E-state index contributed by atoms with van der Waals surface area (Å²) in [6.07, 6.45) is 7.83. The number of hydrogen-bond acceptors (Lipinski definition) is 1. The molecule has 0 aromatic heterocycles. The molecular weight excluding hydrogens is 370 g/mol. The fraction of sp³-hybridized carbons (Fsp3) is 0.423. The van der Waals surface area contributed by atoms with E-state index < -0.39 is 0 Å². The monoisotopic (exact) mass is 405 g/mol. The van der Waals surface area contributed by atoms with E-state index in [0.29, 0.717) is 0 Å². The number of carbonyl (C=O) groups excluding carboxylic acids is 1. The Kier molecular flexibility index (Phi) is 6.98. The molecule has 4 nitrogen and oxygen atoms in total. The van der Waals surface area contributed by atoms with Crippen LogP contribution in [0.1, 0.15) is 42.5 Å². The van der Waals surface area contributed by atoms with E-state index in [2.05, 4.69) is 79.0 Å². The fourth-order valence-corrected chi connectivity index (χ4v) is 4.87. The number of quaternary nitrogens is 2. The Labute approximate surface area is 180 Å². The Bertz CT molecular complexity index is 856. The topological polar surface area (TPSA) is 38.0 Å². The number of fused-ring (bicyclic) bond motifs is 1. The third-order valence-electron chi connectivity index (χ3n) is 6.81. The molecule has 1 amide bonds. The summed E-state index contributed by atoms with van der Waals surface area (Å²) in [6, 6.07) is 19.3. The highest BCUT2D eigenvalue weighted by Crippen LogP contribution is 2.29. The van der Waals surface area contributed by atoms with Crippen LogP contribution in [0.2, 0.25) is 0 Å². The van der Waals surface area contributed by atoms with Crippen molar-refractivity contribution in [2.24, 2.45) is 0 Å². The maximum absolute atomic E-state index is 13.0. The highest BCUT2D eigenvalue weighted by Gasteiger charge is 2.32. The van der Waals surface area contributed by atoms with Gasteiger partial charge in [-0.15, -0.1) is 0 Å². The van der Waals surface area contributed by atoms with Gasteiger partial charge in [-0.3, -0.25) is 4.79 Å². The molecule has 1 fully saturated rings. The van der Waals surface area contributed by atoms with Gasteiger partial charge in [0.2, 0.25) is 0 Å². The molecule has 4 rings (SSSR count). The molecule has 1 heterocycles. The zero-order valence-corrected chi connectivity index (χ0v) is 18.1. The second-order valence-corrected chi connectivity index (χ2v) is 8.80. The van der Waals surface area contributed by atoms with Crippen molar-refractivity contribution in [2.75, 3.05) is 32.7 Å². The molecule has 0 bridgehead atoms. The maximum Gasteiger partial charge on any atom is 0.278 e. The van der Waals surface area contributed by atoms with E-state index in [1.807, 2.05) is 0 Å². The van der Waals surface area contributed by atoms with Gasteiger partial charge in [-0.25, -0.2) is 0 Å². The minimum atomic E-state index is 0.0144. The van der Waals surface area contributed by atoms with Crippen LogP contribution in [0.25, 0.3) is 6.08 Å². The molecule has 0 unspecified atom stereocenters. The lowest BCUT2D eigenvalue weighted by Crippen LogP contribution is -3.30. The molecule has 0 spiro atoms. The first kappa shape index (κ1) is 20.8. The van der Waals surface area contributed by atoms with Crippen molar-refractivity contribution >= 4 is 12.0 Å². The second-order valence-electron chi connectivity index (χ2n) is 8.80. The van der Waals surface area contributed by atoms with E-state index in [1.165, 1.54) is 21.6 Å². The van der Waals surface area contributed by atoms with E-state index in [1.54, 1.807) is 4.90 Å². The van der Waals surface area contributed by atoms with Gasteiger partial charge in [0.25, 0.3) is 5.91 Å². The van der Waals surface area contributed by atoms with Crippen LogP contribution in [0.4, 0.5) is 0 Å². The Morgan fingerprint density at radius 2 is 1.80 bits per heavy atom. The maximum atomic E-state index is 13.0. The summed E-state index contributed by atoms with van der Waals surface area (Å²) in [4.78, 5) is 16.0. The van der Waals surface area contributed by atoms with Crippen LogP contribution >= 0.6 is 0 Å². The van der Waals surface area contributed by atoms with E-state index in [4.69, 9.17) is 0 Å². The number of piperazine rings is 1. The second kappa shape index (κ2) is 10.1. The summed E-state index contributed by atoms with van der Waals surface area (Å²) < 4.78 is 0. The smallest absolute Gasteiger partial charge is 0.278 e. The van der Waals surface area contributed by atoms with Crippen molar-refractivity contribution in [3.05, 3.63) is 77.4 Å². The summed E-state index contributed by atoms with van der Waals surface area (Å²) in [5.41, 5.74) is 3.98. The third-order valence-corrected chi connectivity index (χ3v) is 6.81. The highest BCUT2D eigenvalue weighted by atomic mass is 16.2. The van der Waals surface area contributed by atoms with E-state index in [0.717, 1.165) is 52.0 Å². The number of aryl methyl sites for hydroxylation is 1. The number of benzene rings is 2. The van der Waals surface area contributed by atoms with E-state index in [9.17, 15) is 4.79 Å². The van der Waals surface area contributed by atoms with Gasteiger partial charge in [0.1, 0.15) is 26.2 Å². The molecule has 0 radical (unpaired) electrons. The van der Waals surface area contributed by atoms with Crippen LogP contribution in [0.5, 0.6) is 0 Å². The summed E-state index contributed by atoms with van der Waals surface area (Å²) in [5.74, 6) is 0.208. The lowest BCUT2D eigenvalue weighted by Gasteiger charge is -2.33. The number of rotatable bonds is 6. The van der Waals surface area contributed by atoms with Crippen molar-refractivity contribution in [1.82, 2.24) is 5.32 Å². The van der Waals surface area contributed by atoms with Gasteiger partial charge in [-0.05, 0) is 49.0 Å². The quantitative estimate of drug-likeness (QED) is 0.661. The van der Waals surface area contributed by atoms with Crippen molar-refractivity contribution in [3.63, 3.8) is 0 Å². The van der Waals surface area contributed by atoms with Crippen LogP contribution in [0.3, 0.4) is 0 Å². The van der Waals surface area contributed by atoms with Crippen LogP contribution < -0.4 is 15.1 Å². The molecule has 4 heteroatoms. The molecule has 1 aliphatic carbocycles. The molecule has 3 N–H and O–H groups in total. The normalized spacial score (nSPS) is 24.9. The summed E-state index contributed by atoms with van der Waals surface area (Å²) in [7, 11) is 0. The Morgan fingerprint density at radius 1 is 1.07 bits per heavy atom. The number of carbonyl (C=O) groups is 1. The molecule has 30 heavy (non-hydrogen) atoms. The molecule has 158 valence electrons. The van der Waals surface area contributed by atoms with E-state index in [-0.39, 0.29) is 18.0 Å². The Morgan fingerprint density at radius 3 is 2.60 bits per heavy atom. The highest BCUT2D eigenvalue weighted by molar-refractivity contribution is 5.80. The lowest BCUT2D eigenvalue weighted by molar-refractivity contribution is -1.02. The third kappa shape index (κ3) is 5.18. The van der Waals surface area contributed by atoms with Crippen molar-refractivity contribution < 1.29 is 14.6 Å². The van der Waals surface area contributed by atoms with Gasteiger partial charge in [0.15, 0.2) is 6.04 Å². The largest absolute Gasteiger partial charge is 0.344 e. The molecule has 2 atom stereocenters. The molecule has 1 saturated heterocycles. The van der Waals surface area contributed by atoms with E-state index >= 15 is 0 Å². The predicted molar refractivity (Wildman–Crippen MR) is 121 cm³/mol. The van der Waals surface area contributed by atoms with Gasteiger partial charge >= 0.3 is 0 Å². The summed E-state index contributed by atoms with van der Waals surface area (Å²) >= 11 is 0. The molecule has 2 aliphatic rings. The minimum Gasteiger partial charge on any atom is -0.344 e. The fourth-order valence-electron chi connectivity index (χ4n) is 4.87. The Balaban J connectivity index is 1.25. The van der Waals surface area contributed by atoms with Crippen LogP contribution in [0.15, 0.2) is 60.7 Å². The Hall–Kier alpha value is -2.43. The average molecular weight is 406 g/mol. The number of hydrogen-bond donors (Lipinski definition) is 3. The average Bonchev–Trinajstić information content (AvgIpc) is 2.80. The van der Waals surface area contributed by atoms with Gasteiger partial charge < -0.3 is 15.1 Å². The standard InChI is InChI=1S/C26H33N3O/c1-21(26(30)27-25-15-7-13-23-12-5-6-14-24(23)25)29-19-17-28(18-20-29)16-8-11-22-9-3-2-4-10-22/h2-6,8-12,14,21,25H,7,13,15-20H2,1H3,(H,27,30)/p+2/b11-8+/t21-,25+/m0/s1. The number of amides is 1. The first-order chi connectivity index (χ1) is 14.7. The summed E-state index contributed by atoms with van der Waals surface area (Å²) in [6.45, 7) is 7.52. The molecule has 2 aromatic carbocycles. The van der Waals surface area contributed by atoms with Gasteiger partial charge in [-0.1, -0.05) is 60.7 Å². The first-order valence-corrected chi connectivity index (χ1v) is 11.5. The van der Waals surface area contributed by atoms with Crippen LogP contribution in [-0.2, 0) is 11.2 Å². The summed E-state index contributed by atoms with van der Waals surface area (Å²) in [5, 5.41) is 3.36. The molecule has 0 saturated carbocycles. The van der Waals surface area contributed by atoms with Gasteiger partial charge in [0.05, 0.1) is 12.6 Å². The molecule has 2 aromatic rings. The van der Waals surface area contributed by atoms with Crippen LogP contribution in [-0.4, -0.2) is 44.7 Å². The van der Waals surface area contributed by atoms with Gasteiger partial charge in [-0.2, -0.15) is 0 Å². The van der Waals surface area contributed by atoms with Crippen molar-refractivity contribution in [3.8, 4) is 0 Å². The first-order valence-electron chi connectivity index (χ1n) is 11.5. The molecular formula is C26H35N3O+2. The van der Waals surface area contributed by atoms with Crippen molar-refractivity contribution in [2.45, 2.75) is 38.3 Å². The van der Waals surface area contributed by atoms with Crippen LogP contribution in [0, 0.1) is 0 Å². The SMILES string of the molecule is C[C@@H](C(=O)N[C@@H]1CCCc2ccccc21)[NH+]1CC[NH+](C/C=C/c2ccccc2)CC1. The minimum absolute atomic E-state index is 0.0144. The zero-order valence-electron chi connectivity index (χ0n) is 18.1. The van der Waals surface area contributed by atoms with Crippen molar-refractivity contribution in [1.29, 1.82) is 0 Å². The lowest BCUT2D eigenvalue weighted by atomic mass is 9.87. The van der Waals surface area contributed by atoms with Gasteiger partial charge in [0, 0.05) is 0 Å².